The molecule has 2 N–H and O–H groups in total. The van der Waals surface area contributed by atoms with Crippen LogP contribution in [-0.2, 0) is 20.8 Å². The fraction of sp³-hybridized carbons (Fsp3) is 0.579. The van der Waals surface area contributed by atoms with E-state index in [1.54, 1.807) is 17.3 Å². The zero-order valence-corrected chi connectivity index (χ0v) is 15.6. The highest BCUT2D eigenvalue weighted by molar-refractivity contribution is 5.85. The molecule has 3 atom stereocenters. The normalized spacial score (nSPS) is 23.6. The third-order valence-corrected chi connectivity index (χ3v) is 5.28. The molecule has 1 saturated heterocycles. The summed E-state index contributed by atoms with van der Waals surface area (Å²) in [5, 5.41) is 16.6. The fourth-order valence-corrected chi connectivity index (χ4v) is 3.97. The first-order valence-electron chi connectivity index (χ1n) is 9.34. The highest BCUT2D eigenvalue weighted by Crippen LogP contribution is 2.40. The van der Waals surface area contributed by atoms with Crippen LogP contribution in [0.15, 0.2) is 24.5 Å². The number of halogens is 3. The topological polar surface area (TPSA) is 108 Å². The van der Waals surface area contributed by atoms with E-state index in [-0.39, 0.29) is 11.9 Å². The van der Waals surface area contributed by atoms with Crippen LogP contribution in [0.25, 0.3) is 0 Å². The molecule has 3 rings (SSSR count). The maximum Gasteiger partial charge on any atom is 0.490 e. The van der Waals surface area contributed by atoms with Gasteiger partial charge < -0.3 is 15.1 Å². The lowest BCUT2D eigenvalue weighted by Gasteiger charge is -2.33. The van der Waals surface area contributed by atoms with E-state index >= 15 is 0 Å². The van der Waals surface area contributed by atoms with Gasteiger partial charge in [-0.3, -0.25) is 9.78 Å². The molecule has 29 heavy (non-hydrogen) atoms. The molecule has 10 heteroatoms. The molecular weight excluding hydrogens is 393 g/mol. The van der Waals surface area contributed by atoms with Gasteiger partial charge in [0.2, 0.25) is 5.91 Å². The molecule has 1 saturated carbocycles. The number of nitrogens with zero attached hydrogens (tertiary/aromatic N) is 2. The maximum absolute atomic E-state index is 12.6. The van der Waals surface area contributed by atoms with E-state index in [9.17, 15) is 27.9 Å². The van der Waals surface area contributed by atoms with Crippen LogP contribution in [0.1, 0.15) is 44.1 Å². The van der Waals surface area contributed by atoms with Gasteiger partial charge in [-0.15, -0.1) is 0 Å². The molecule has 2 heterocycles. The number of aliphatic carboxylic acids is 2. The average Bonchev–Trinajstić information content (AvgIpc) is 3.07. The molecule has 1 aromatic heterocycles. The number of hydrogen-bond acceptors (Lipinski definition) is 4. The summed E-state index contributed by atoms with van der Waals surface area (Å²) in [4.78, 5) is 38.7. The van der Waals surface area contributed by atoms with Crippen molar-refractivity contribution in [2.45, 2.75) is 63.2 Å². The first kappa shape index (κ1) is 22.6. The molecular formula is C19H23F3N2O5. The van der Waals surface area contributed by atoms with Crippen molar-refractivity contribution in [3.05, 3.63) is 30.1 Å². The van der Waals surface area contributed by atoms with Gasteiger partial charge in [-0.2, -0.15) is 13.2 Å². The SMILES string of the molecule is O=C(O)C(F)(F)F.O=C(O)C1CC2CCCCC2N1C(=O)CCc1ccncc1. The number of likely N-dealkylation sites (tertiary alicyclic amines) is 1. The Labute approximate surface area is 165 Å². The lowest BCUT2D eigenvalue weighted by molar-refractivity contribution is -0.192. The second-order valence-corrected chi connectivity index (χ2v) is 7.16. The number of carbonyl (C=O) groups excluding carboxylic acids is 1. The first-order valence-corrected chi connectivity index (χ1v) is 9.34. The van der Waals surface area contributed by atoms with E-state index in [1.807, 2.05) is 12.1 Å². The second kappa shape index (κ2) is 9.71. The standard InChI is InChI=1S/C17H22N2O3.C2HF3O2/c20-16(6-5-12-7-9-18-10-8-12)19-14-4-2-1-3-13(14)11-15(19)17(21)22;3-2(4,5)1(6)7/h7-10,13-15H,1-6,11H2,(H,21,22);(H,6,7). The smallest absolute Gasteiger partial charge is 0.480 e. The zero-order valence-electron chi connectivity index (χ0n) is 15.6. The first-order chi connectivity index (χ1) is 13.6. The van der Waals surface area contributed by atoms with Gasteiger partial charge in [0.25, 0.3) is 0 Å². The van der Waals surface area contributed by atoms with Gasteiger partial charge in [0.1, 0.15) is 6.04 Å². The molecule has 2 aliphatic rings. The fourth-order valence-electron chi connectivity index (χ4n) is 3.97. The molecule has 1 aliphatic heterocycles. The summed E-state index contributed by atoms with van der Waals surface area (Å²) in [6.45, 7) is 0. The van der Waals surface area contributed by atoms with Gasteiger partial charge in [-0.1, -0.05) is 12.8 Å². The Hall–Kier alpha value is -2.65. The molecule has 0 aromatic carbocycles. The van der Waals surface area contributed by atoms with Gasteiger partial charge in [-0.25, -0.2) is 9.59 Å². The van der Waals surface area contributed by atoms with Crippen molar-refractivity contribution in [2.24, 2.45) is 5.92 Å². The molecule has 7 nitrogen and oxygen atoms in total. The number of rotatable bonds is 4. The number of amides is 1. The number of carboxylic acid groups (broad SMARTS) is 2. The molecule has 1 amide bonds. The minimum absolute atomic E-state index is 0.0152. The summed E-state index contributed by atoms with van der Waals surface area (Å²) in [6.07, 6.45) is 4.26. The molecule has 3 unspecified atom stereocenters. The third-order valence-electron chi connectivity index (χ3n) is 5.28. The Kier molecular flexibility index (Phi) is 7.58. The number of carboxylic acids is 2. The average molecular weight is 416 g/mol. The van der Waals surface area contributed by atoms with Crippen molar-refractivity contribution in [2.75, 3.05) is 0 Å². The minimum atomic E-state index is -5.08. The Morgan fingerprint density at radius 1 is 1.10 bits per heavy atom. The van der Waals surface area contributed by atoms with Crippen molar-refractivity contribution in [1.29, 1.82) is 0 Å². The highest BCUT2D eigenvalue weighted by atomic mass is 19.4. The van der Waals surface area contributed by atoms with Crippen LogP contribution in [0.3, 0.4) is 0 Å². The summed E-state index contributed by atoms with van der Waals surface area (Å²) < 4.78 is 31.7. The van der Waals surface area contributed by atoms with E-state index in [4.69, 9.17) is 9.90 Å². The van der Waals surface area contributed by atoms with Crippen LogP contribution < -0.4 is 0 Å². The lowest BCUT2D eigenvalue weighted by atomic mass is 9.84. The minimum Gasteiger partial charge on any atom is -0.480 e. The third kappa shape index (κ3) is 6.16. The monoisotopic (exact) mass is 416 g/mol. The van der Waals surface area contributed by atoms with Crippen LogP contribution in [0, 0.1) is 5.92 Å². The van der Waals surface area contributed by atoms with Gasteiger partial charge in [0.05, 0.1) is 0 Å². The van der Waals surface area contributed by atoms with Crippen molar-refractivity contribution in [3.8, 4) is 0 Å². The van der Waals surface area contributed by atoms with Crippen LogP contribution in [0.2, 0.25) is 0 Å². The van der Waals surface area contributed by atoms with E-state index in [1.165, 1.54) is 0 Å². The maximum atomic E-state index is 12.6. The molecule has 2 fully saturated rings. The van der Waals surface area contributed by atoms with Gasteiger partial charge >= 0.3 is 18.1 Å². The quantitative estimate of drug-likeness (QED) is 0.782. The molecule has 0 radical (unpaired) electrons. The van der Waals surface area contributed by atoms with Crippen LogP contribution in [0.4, 0.5) is 13.2 Å². The van der Waals surface area contributed by atoms with Crippen LogP contribution in [-0.4, -0.2) is 56.2 Å². The van der Waals surface area contributed by atoms with Crippen LogP contribution >= 0.6 is 0 Å². The number of fused-ring (bicyclic) bond motifs is 1. The van der Waals surface area contributed by atoms with Crippen LogP contribution in [0.5, 0.6) is 0 Å². The Morgan fingerprint density at radius 2 is 1.69 bits per heavy atom. The predicted molar refractivity (Wildman–Crippen MR) is 94.9 cm³/mol. The number of pyridine rings is 1. The Morgan fingerprint density at radius 3 is 2.24 bits per heavy atom. The second-order valence-electron chi connectivity index (χ2n) is 7.16. The summed E-state index contributed by atoms with van der Waals surface area (Å²) in [7, 11) is 0. The number of carbonyl (C=O) groups is 3. The van der Waals surface area contributed by atoms with Crippen molar-refractivity contribution in [3.63, 3.8) is 0 Å². The van der Waals surface area contributed by atoms with E-state index in [0.29, 0.717) is 25.2 Å². The Balaban J connectivity index is 0.000000370. The number of alkyl halides is 3. The molecule has 1 aliphatic carbocycles. The largest absolute Gasteiger partial charge is 0.490 e. The van der Waals surface area contributed by atoms with Gasteiger partial charge in [0, 0.05) is 24.9 Å². The van der Waals surface area contributed by atoms with Crippen molar-refractivity contribution in [1.82, 2.24) is 9.88 Å². The predicted octanol–water partition coefficient (Wildman–Crippen LogP) is 2.89. The zero-order chi connectivity index (χ0) is 21.6. The van der Waals surface area contributed by atoms with E-state index < -0.39 is 24.2 Å². The number of aryl methyl sites for hydroxylation is 1. The molecule has 0 spiro atoms. The summed E-state index contributed by atoms with van der Waals surface area (Å²) in [5.74, 6) is -3.25. The van der Waals surface area contributed by atoms with Crippen molar-refractivity contribution < 1.29 is 37.8 Å². The number of aromatic nitrogens is 1. The number of hydrogen-bond donors (Lipinski definition) is 2. The molecule has 1 aromatic rings. The summed E-state index contributed by atoms with van der Waals surface area (Å²) in [5.41, 5.74) is 1.06. The van der Waals surface area contributed by atoms with Gasteiger partial charge in [-0.05, 0) is 49.3 Å². The molecule has 160 valence electrons. The van der Waals surface area contributed by atoms with Gasteiger partial charge in [0.15, 0.2) is 0 Å². The van der Waals surface area contributed by atoms with E-state index in [2.05, 4.69) is 4.98 Å². The summed E-state index contributed by atoms with van der Waals surface area (Å²) in [6, 6.07) is 3.31. The molecule has 0 bridgehead atoms. The lowest BCUT2D eigenvalue weighted by Crippen LogP contribution is -2.46. The summed E-state index contributed by atoms with van der Waals surface area (Å²) >= 11 is 0. The highest BCUT2D eigenvalue weighted by Gasteiger charge is 2.47. The van der Waals surface area contributed by atoms with Crippen molar-refractivity contribution >= 4 is 17.8 Å². The van der Waals surface area contributed by atoms with E-state index in [0.717, 1.165) is 31.2 Å². The Bertz CT molecular complexity index is 726.